The van der Waals surface area contributed by atoms with Crippen molar-refractivity contribution in [3.8, 4) is 0 Å². The van der Waals surface area contributed by atoms with Gasteiger partial charge in [-0.15, -0.1) is 0 Å². The Bertz CT molecular complexity index is 706. The van der Waals surface area contributed by atoms with Gasteiger partial charge in [-0.3, -0.25) is 9.59 Å². The van der Waals surface area contributed by atoms with Gasteiger partial charge in [0.25, 0.3) is 0 Å². The third-order valence-electron chi connectivity index (χ3n) is 4.55. The normalized spacial score (nSPS) is 13.6. The van der Waals surface area contributed by atoms with Gasteiger partial charge >= 0.3 is 12.1 Å². The van der Waals surface area contributed by atoms with Crippen LogP contribution in [0.3, 0.4) is 0 Å². The molecule has 0 saturated heterocycles. The Morgan fingerprint density at radius 2 is 1.52 bits per heavy atom. The number of hydrogen-bond donors (Lipinski definition) is 1. The van der Waals surface area contributed by atoms with Crippen molar-refractivity contribution in [1.82, 2.24) is 5.32 Å². The largest absolute Gasteiger partial charge is 0.461 e. The summed E-state index contributed by atoms with van der Waals surface area (Å²) in [7, 11) is 0. The van der Waals surface area contributed by atoms with Gasteiger partial charge < -0.3 is 14.8 Å². The molecule has 1 aromatic carbocycles. The minimum atomic E-state index is -0.702. The van der Waals surface area contributed by atoms with Crippen molar-refractivity contribution in [3.05, 3.63) is 35.9 Å². The standard InChI is InChI=1S/C25H39NO5/c1-17(2)13-20(23(28)30-16-19-11-9-8-10-12-19)15-22(27)21(14-18(3)4)26-24(29)31-25(5,6)7/h8-12,17-18,20-21H,13-16H2,1-7H3,(H,26,29)/t20-,21+/m1/s1. The Morgan fingerprint density at radius 1 is 0.935 bits per heavy atom. The van der Waals surface area contributed by atoms with Crippen molar-refractivity contribution in [2.75, 3.05) is 0 Å². The zero-order valence-corrected chi connectivity index (χ0v) is 20.1. The van der Waals surface area contributed by atoms with Gasteiger partial charge in [0.1, 0.15) is 12.2 Å². The average Bonchev–Trinajstić information content (AvgIpc) is 2.63. The first kappa shape index (κ1) is 26.7. The second-order valence-corrected chi connectivity index (χ2v) is 9.92. The molecule has 0 fully saturated rings. The maximum absolute atomic E-state index is 13.1. The molecule has 0 aromatic heterocycles. The maximum Gasteiger partial charge on any atom is 0.408 e. The van der Waals surface area contributed by atoms with E-state index in [9.17, 15) is 14.4 Å². The summed E-state index contributed by atoms with van der Waals surface area (Å²) < 4.78 is 10.8. The van der Waals surface area contributed by atoms with E-state index >= 15 is 0 Å². The lowest BCUT2D eigenvalue weighted by Gasteiger charge is -2.25. The van der Waals surface area contributed by atoms with Gasteiger partial charge in [-0.1, -0.05) is 58.0 Å². The Balaban J connectivity index is 2.83. The highest BCUT2D eigenvalue weighted by Gasteiger charge is 2.30. The van der Waals surface area contributed by atoms with Crippen LogP contribution in [0.2, 0.25) is 0 Å². The van der Waals surface area contributed by atoms with Crippen LogP contribution in [0, 0.1) is 17.8 Å². The third kappa shape index (κ3) is 11.6. The van der Waals surface area contributed by atoms with E-state index in [1.807, 2.05) is 58.0 Å². The van der Waals surface area contributed by atoms with Crippen molar-refractivity contribution < 1.29 is 23.9 Å². The molecular weight excluding hydrogens is 394 g/mol. The summed E-state index contributed by atoms with van der Waals surface area (Å²) in [6.07, 6.45) is 0.420. The number of nitrogens with one attached hydrogen (secondary N) is 1. The fraction of sp³-hybridized carbons (Fsp3) is 0.640. The van der Waals surface area contributed by atoms with E-state index < -0.39 is 23.7 Å². The molecule has 6 nitrogen and oxygen atoms in total. The summed E-state index contributed by atoms with van der Waals surface area (Å²) in [5.41, 5.74) is 0.242. The molecule has 2 atom stereocenters. The molecule has 1 amide bonds. The summed E-state index contributed by atoms with van der Waals surface area (Å²) in [4.78, 5) is 38.1. The van der Waals surface area contributed by atoms with E-state index in [1.165, 1.54) is 0 Å². The number of benzene rings is 1. The summed E-state index contributed by atoms with van der Waals surface area (Å²) in [6, 6.07) is 8.75. The lowest BCUT2D eigenvalue weighted by atomic mass is 9.88. The van der Waals surface area contributed by atoms with Crippen LogP contribution in [0.25, 0.3) is 0 Å². The van der Waals surface area contributed by atoms with Gasteiger partial charge in [-0.2, -0.15) is 0 Å². The second kappa shape index (κ2) is 12.5. The summed E-state index contributed by atoms with van der Waals surface area (Å²) in [5.74, 6) is -0.693. The van der Waals surface area contributed by atoms with Crippen molar-refractivity contribution in [1.29, 1.82) is 0 Å². The maximum atomic E-state index is 13.1. The molecule has 0 spiro atoms. The minimum Gasteiger partial charge on any atom is -0.461 e. The fourth-order valence-corrected chi connectivity index (χ4v) is 3.26. The molecule has 0 bridgehead atoms. The molecule has 0 saturated carbocycles. The van der Waals surface area contributed by atoms with E-state index in [-0.39, 0.29) is 36.6 Å². The number of carbonyl (C=O) groups excluding carboxylic acids is 3. The Kier molecular flexibility index (Phi) is 10.7. The molecule has 0 radical (unpaired) electrons. The number of carbonyl (C=O) groups is 3. The van der Waals surface area contributed by atoms with Crippen LogP contribution in [-0.2, 0) is 25.7 Å². The van der Waals surface area contributed by atoms with Crippen LogP contribution < -0.4 is 5.32 Å². The van der Waals surface area contributed by atoms with Crippen molar-refractivity contribution in [2.45, 2.75) is 86.0 Å². The molecule has 6 heteroatoms. The zero-order valence-electron chi connectivity index (χ0n) is 20.1. The van der Waals surface area contributed by atoms with Crippen LogP contribution >= 0.6 is 0 Å². The average molecular weight is 434 g/mol. The summed E-state index contributed by atoms with van der Waals surface area (Å²) in [5, 5.41) is 2.70. The number of hydrogen-bond acceptors (Lipinski definition) is 5. The van der Waals surface area contributed by atoms with E-state index in [0.717, 1.165) is 5.56 Å². The van der Waals surface area contributed by atoms with Crippen molar-refractivity contribution in [2.24, 2.45) is 17.8 Å². The van der Waals surface area contributed by atoms with E-state index in [4.69, 9.17) is 9.47 Å². The summed E-state index contributed by atoms with van der Waals surface area (Å²) >= 11 is 0. The molecule has 174 valence electrons. The molecule has 0 aliphatic heterocycles. The molecule has 1 rings (SSSR count). The van der Waals surface area contributed by atoms with Crippen LogP contribution in [0.1, 0.15) is 73.3 Å². The molecular formula is C25H39NO5. The topological polar surface area (TPSA) is 81.7 Å². The first-order valence-corrected chi connectivity index (χ1v) is 11.1. The lowest BCUT2D eigenvalue weighted by molar-refractivity contribution is -0.152. The fourth-order valence-electron chi connectivity index (χ4n) is 3.26. The Hall–Kier alpha value is -2.37. The summed E-state index contributed by atoms with van der Waals surface area (Å²) in [6.45, 7) is 13.5. The predicted octanol–water partition coefficient (Wildman–Crippen LogP) is 5.29. The van der Waals surface area contributed by atoms with Gasteiger partial charge in [-0.05, 0) is 51.0 Å². The van der Waals surface area contributed by atoms with Gasteiger partial charge in [-0.25, -0.2) is 4.79 Å². The minimum absolute atomic E-state index is 0.0268. The molecule has 0 heterocycles. The van der Waals surface area contributed by atoms with Gasteiger partial charge in [0.2, 0.25) is 0 Å². The highest BCUT2D eigenvalue weighted by atomic mass is 16.6. The number of alkyl carbamates (subject to hydrolysis) is 1. The molecule has 0 aliphatic rings. The van der Waals surface area contributed by atoms with Gasteiger partial charge in [0, 0.05) is 6.42 Å². The number of esters is 1. The van der Waals surface area contributed by atoms with Crippen LogP contribution in [0.5, 0.6) is 0 Å². The quantitative estimate of drug-likeness (QED) is 0.480. The van der Waals surface area contributed by atoms with Crippen molar-refractivity contribution >= 4 is 17.8 Å². The molecule has 31 heavy (non-hydrogen) atoms. The monoisotopic (exact) mass is 433 g/mol. The van der Waals surface area contributed by atoms with Crippen LogP contribution in [-0.4, -0.2) is 29.5 Å². The van der Waals surface area contributed by atoms with Crippen LogP contribution in [0.15, 0.2) is 30.3 Å². The Labute approximate surface area is 187 Å². The van der Waals surface area contributed by atoms with E-state index in [0.29, 0.717) is 12.8 Å². The third-order valence-corrected chi connectivity index (χ3v) is 4.55. The number of amides is 1. The highest BCUT2D eigenvalue weighted by Crippen LogP contribution is 2.21. The molecule has 1 aromatic rings. The van der Waals surface area contributed by atoms with Gasteiger partial charge in [0.05, 0.1) is 12.0 Å². The van der Waals surface area contributed by atoms with E-state index in [1.54, 1.807) is 20.8 Å². The molecule has 0 unspecified atom stereocenters. The number of ether oxygens (including phenoxy) is 2. The predicted molar refractivity (Wildman–Crippen MR) is 121 cm³/mol. The smallest absolute Gasteiger partial charge is 0.408 e. The van der Waals surface area contributed by atoms with E-state index in [2.05, 4.69) is 5.32 Å². The number of ketones is 1. The van der Waals surface area contributed by atoms with Crippen molar-refractivity contribution in [3.63, 3.8) is 0 Å². The highest BCUT2D eigenvalue weighted by molar-refractivity contribution is 5.90. The number of Topliss-reactive ketones (excluding diaryl/α,β-unsaturated/α-hetero) is 1. The Morgan fingerprint density at radius 3 is 2.03 bits per heavy atom. The SMILES string of the molecule is CC(C)C[C@H](CC(=O)[C@H](CC(C)C)NC(=O)OC(C)(C)C)C(=O)OCc1ccccc1. The molecule has 1 N–H and O–H groups in total. The van der Waals surface area contributed by atoms with Gasteiger partial charge in [0.15, 0.2) is 5.78 Å². The first-order chi connectivity index (χ1) is 14.4. The number of rotatable bonds is 11. The second-order valence-electron chi connectivity index (χ2n) is 9.92. The molecule has 0 aliphatic carbocycles. The lowest BCUT2D eigenvalue weighted by Crippen LogP contribution is -2.45. The first-order valence-electron chi connectivity index (χ1n) is 11.1. The van der Waals surface area contributed by atoms with Crippen LogP contribution in [0.4, 0.5) is 4.79 Å². The zero-order chi connectivity index (χ0) is 23.6.